The van der Waals surface area contributed by atoms with Gasteiger partial charge in [0.1, 0.15) is 5.70 Å². The quantitative estimate of drug-likeness (QED) is 0.491. The third-order valence-electron chi connectivity index (χ3n) is 5.21. The number of benzene rings is 3. The Bertz CT molecular complexity index is 1190. The third-order valence-corrected chi connectivity index (χ3v) is 5.71. The highest BCUT2D eigenvalue weighted by Crippen LogP contribution is 2.32. The topological polar surface area (TPSA) is 52.7 Å². The minimum Gasteiger partial charge on any atom is -0.378 e. The fraction of sp³-hybridized carbons (Fsp3) is 0.120. The molecule has 3 aromatic carbocycles. The van der Waals surface area contributed by atoms with Gasteiger partial charge in [-0.1, -0.05) is 47.5 Å². The summed E-state index contributed by atoms with van der Waals surface area (Å²) in [5.41, 5.74) is 3.73. The van der Waals surface area contributed by atoms with Gasteiger partial charge in [-0.05, 0) is 59.7 Å². The predicted octanol–water partition coefficient (Wildman–Crippen LogP) is 5.45. The summed E-state index contributed by atoms with van der Waals surface area (Å²) in [4.78, 5) is 29.9. The first-order valence-corrected chi connectivity index (χ1v) is 10.7. The molecular formula is C25H21Cl2N3O2. The maximum absolute atomic E-state index is 13.4. The molecule has 0 saturated carbocycles. The number of nitrogens with zero attached hydrogens (tertiary/aromatic N) is 2. The largest absolute Gasteiger partial charge is 0.378 e. The predicted molar refractivity (Wildman–Crippen MR) is 130 cm³/mol. The lowest BCUT2D eigenvalue weighted by molar-refractivity contribution is -0.137. The Morgan fingerprint density at radius 2 is 1.34 bits per heavy atom. The average Bonchev–Trinajstić information content (AvgIpc) is 3.00. The van der Waals surface area contributed by atoms with Gasteiger partial charge in [0.2, 0.25) is 0 Å². The molecule has 2 amide bonds. The average molecular weight is 466 g/mol. The van der Waals surface area contributed by atoms with Crippen LogP contribution in [-0.4, -0.2) is 30.8 Å². The lowest BCUT2D eigenvalue weighted by Crippen LogP contribution is -2.32. The van der Waals surface area contributed by atoms with Gasteiger partial charge in [-0.3, -0.25) is 14.5 Å². The highest BCUT2D eigenvalue weighted by atomic mass is 35.5. The fourth-order valence-corrected chi connectivity index (χ4v) is 3.73. The summed E-state index contributed by atoms with van der Waals surface area (Å²) in [6.45, 7) is 0.149. The molecule has 0 aromatic heterocycles. The molecule has 0 radical (unpaired) electrons. The Balaban J connectivity index is 1.70. The van der Waals surface area contributed by atoms with Gasteiger partial charge < -0.3 is 10.2 Å². The van der Waals surface area contributed by atoms with Crippen molar-refractivity contribution in [1.29, 1.82) is 0 Å². The zero-order valence-electron chi connectivity index (χ0n) is 17.6. The number of carbonyl (C=O) groups is 2. The normalized spacial score (nSPS) is 13.7. The lowest BCUT2D eigenvalue weighted by atomic mass is 10.0. The number of halogens is 2. The number of hydrogen-bond acceptors (Lipinski definition) is 4. The molecule has 0 bridgehead atoms. The molecule has 162 valence electrons. The molecule has 4 rings (SSSR count). The summed E-state index contributed by atoms with van der Waals surface area (Å²) in [6.07, 6.45) is 0. The number of amides is 2. The number of nitrogens with one attached hydrogen (secondary N) is 1. The molecule has 7 heteroatoms. The molecule has 0 saturated heterocycles. The number of anilines is 2. The van der Waals surface area contributed by atoms with Crippen molar-refractivity contribution in [2.45, 2.75) is 6.54 Å². The summed E-state index contributed by atoms with van der Waals surface area (Å²) in [5, 5.41) is 4.32. The number of imide groups is 1. The molecule has 1 heterocycles. The summed E-state index contributed by atoms with van der Waals surface area (Å²) < 4.78 is 0. The minimum atomic E-state index is -0.383. The van der Waals surface area contributed by atoms with Crippen LogP contribution in [0.15, 0.2) is 78.5 Å². The number of carbonyl (C=O) groups excluding carboxylic acids is 2. The SMILES string of the molecule is CN(C)c1ccc(NC2=C(c3ccc(Cl)cc3)C(=O)N(Cc3ccc(Cl)cc3)C2=O)cc1. The van der Waals surface area contributed by atoms with Gasteiger partial charge in [-0.15, -0.1) is 0 Å². The Labute approximate surface area is 196 Å². The van der Waals surface area contributed by atoms with Gasteiger partial charge in [-0.25, -0.2) is 0 Å². The van der Waals surface area contributed by atoms with E-state index >= 15 is 0 Å². The summed E-state index contributed by atoms with van der Waals surface area (Å²) in [6, 6.07) is 21.6. The van der Waals surface area contributed by atoms with E-state index < -0.39 is 0 Å². The van der Waals surface area contributed by atoms with E-state index in [0.717, 1.165) is 11.3 Å². The summed E-state index contributed by atoms with van der Waals surface area (Å²) in [7, 11) is 3.91. The minimum absolute atomic E-state index is 0.149. The maximum Gasteiger partial charge on any atom is 0.278 e. The van der Waals surface area contributed by atoms with Gasteiger partial charge in [0.05, 0.1) is 12.1 Å². The molecule has 0 spiro atoms. The Kier molecular flexibility index (Phi) is 6.21. The van der Waals surface area contributed by atoms with E-state index in [0.29, 0.717) is 26.9 Å². The van der Waals surface area contributed by atoms with Gasteiger partial charge in [0, 0.05) is 35.5 Å². The van der Waals surface area contributed by atoms with Crippen LogP contribution < -0.4 is 10.2 Å². The number of hydrogen-bond donors (Lipinski definition) is 1. The third kappa shape index (κ3) is 4.49. The fourth-order valence-electron chi connectivity index (χ4n) is 3.48. The summed E-state index contributed by atoms with van der Waals surface area (Å²) in [5.74, 6) is -0.744. The first kappa shape index (κ1) is 21.9. The van der Waals surface area contributed by atoms with Crippen LogP contribution in [0, 0.1) is 0 Å². The van der Waals surface area contributed by atoms with Crippen LogP contribution in [0.3, 0.4) is 0 Å². The monoisotopic (exact) mass is 465 g/mol. The molecule has 1 aliphatic heterocycles. The summed E-state index contributed by atoms with van der Waals surface area (Å²) >= 11 is 12.0. The second-order valence-corrected chi connectivity index (χ2v) is 8.52. The Morgan fingerprint density at radius 1 is 0.781 bits per heavy atom. The van der Waals surface area contributed by atoms with E-state index in [4.69, 9.17) is 23.2 Å². The lowest BCUT2D eigenvalue weighted by Gasteiger charge is -2.16. The second kappa shape index (κ2) is 9.07. The van der Waals surface area contributed by atoms with E-state index in [-0.39, 0.29) is 24.1 Å². The molecule has 0 fully saturated rings. The Hall–Kier alpha value is -3.28. The van der Waals surface area contributed by atoms with Crippen LogP contribution in [0.4, 0.5) is 11.4 Å². The van der Waals surface area contributed by atoms with Crippen LogP contribution in [0.5, 0.6) is 0 Å². The van der Waals surface area contributed by atoms with Crippen molar-refractivity contribution in [1.82, 2.24) is 4.90 Å². The van der Waals surface area contributed by atoms with Crippen LogP contribution in [0.25, 0.3) is 5.57 Å². The smallest absolute Gasteiger partial charge is 0.278 e. The molecule has 5 nitrogen and oxygen atoms in total. The molecule has 1 N–H and O–H groups in total. The van der Waals surface area contributed by atoms with Gasteiger partial charge >= 0.3 is 0 Å². The standard InChI is InChI=1S/C25H21Cl2N3O2/c1-29(2)21-13-11-20(12-14-21)28-23-22(17-5-9-19(27)10-6-17)24(31)30(25(23)32)15-16-3-7-18(26)8-4-16/h3-14,28H,15H2,1-2H3. The number of rotatable bonds is 6. The Morgan fingerprint density at radius 3 is 1.91 bits per heavy atom. The first-order valence-electron chi connectivity index (χ1n) is 9.99. The first-order chi connectivity index (χ1) is 15.3. The van der Waals surface area contributed by atoms with E-state index in [2.05, 4.69) is 5.32 Å². The van der Waals surface area contributed by atoms with Crippen molar-refractivity contribution >= 4 is 52.0 Å². The molecule has 3 aromatic rings. The molecule has 1 aliphatic rings. The van der Waals surface area contributed by atoms with Crippen LogP contribution >= 0.6 is 23.2 Å². The van der Waals surface area contributed by atoms with E-state index in [1.165, 1.54) is 4.90 Å². The van der Waals surface area contributed by atoms with Crippen LogP contribution in [0.1, 0.15) is 11.1 Å². The van der Waals surface area contributed by atoms with Crippen LogP contribution in [0.2, 0.25) is 10.0 Å². The molecule has 32 heavy (non-hydrogen) atoms. The molecular weight excluding hydrogens is 445 g/mol. The van der Waals surface area contributed by atoms with E-state index in [1.807, 2.05) is 43.3 Å². The van der Waals surface area contributed by atoms with Crippen molar-refractivity contribution in [2.75, 3.05) is 24.3 Å². The van der Waals surface area contributed by atoms with Crippen molar-refractivity contribution < 1.29 is 9.59 Å². The van der Waals surface area contributed by atoms with Gasteiger partial charge in [-0.2, -0.15) is 0 Å². The van der Waals surface area contributed by atoms with Gasteiger partial charge in [0.15, 0.2) is 0 Å². The second-order valence-electron chi connectivity index (χ2n) is 7.65. The highest BCUT2D eigenvalue weighted by Gasteiger charge is 2.39. The highest BCUT2D eigenvalue weighted by molar-refractivity contribution is 6.37. The molecule has 0 atom stereocenters. The van der Waals surface area contributed by atoms with Crippen LogP contribution in [-0.2, 0) is 16.1 Å². The zero-order chi connectivity index (χ0) is 22.8. The van der Waals surface area contributed by atoms with Crippen molar-refractivity contribution in [2.24, 2.45) is 0 Å². The van der Waals surface area contributed by atoms with Crippen molar-refractivity contribution in [3.8, 4) is 0 Å². The van der Waals surface area contributed by atoms with Crippen molar-refractivity contribution in [3.05, 3.63) is 99.7 Å². The molecule has 0 aliphatic carbocycles. The van der Waals surface area contributed by atoms with Crippen molar-refractivity contribution in [3.63, 3.8) is 0 Å². The molecule has 0 unspecified atom stereocenters. The van der Waals surface area contributed by atoms with Gasteiger partial charge in [0.25, 0.3) is 11.8 Å². The zero-order valence-corrected chi connectivity index (χ0v) is 19.1. The maximum atomic E-state index is 13.4. The van der Waals surface area contributed by atoms with E-state index in [9.17, 15) is 9.59 Å². The van der Waals surface area contributed by atoms with E-state index in [1.54, 1.807) is 48.5 Å².